The Labute approximate surface area is 100 Å². The van der Waals surface area contributed by atoms with Crippen LogP contribution < -0.4 is 0 Å². The van der Waals surface area contributed by atoms with E-state index in [1.54, 1.807) is 11.3 Å². The van der Waals surface area contributed by atoms with Crippen LogP contribution in [-0.2, 0) is 0 Å². The molecule has 0 fully saturated rings. The molecule has 0 aliphatic rings. The predicted molar refractivity (Wildman–Crippen MR) is 71.7 cm³/mol. The van der Waals surface area contributed by atoms with E-state index in [9.17, 15) is 0 Å². The first kappa shape index (κ1) is 11.1. The second-order valence-corrected chi connectivity index (χ2v) is 5.38. The number of nitrogens with zero attached hydrogens (tertiary/aromatic N) is 1. The molecule has 0 N–H and O–H groups in total. The van der Waals surface area contributed by atoms with E-state index in [2.05, 4.69) is 43.6 Å². The Morgan fingerprint density at radius 2 is 2.00 bits per heavy atom. The van der Waals surface area contributed by atoms with Crippen LogP contribution in [-0.4, -0.2) is 4.98 Å². The molecule has 16 heavy (non-hydrogen) atoms. The smallest absolute Gasteiger partial charge is 0.123 e. The van der Waals surface area contributed by atoms with Crippen LogP contribution in [0.3, 0.4) is 0 Å². The molecule has 0 unspecified atom stereocenters. The highest BCUT2D eigenvalue weighted by atomic mass is 32.1. The minimum atomic E-state index is 1.09. The first-order chi connectivity index (χ1) is 7.56. The summed E-state index contributed by atoms with van der Waals surface area (Å²) in [5.74, 6) is 0. The molecular weight excluding hydrogens is 214 g/mol. The van der Waals surface area contributed by atoms with Crippen molar-refractivity contribution in [2.75, 3.05) is 0 Å². The van der Waals surface area contributed by atoms with Gasteiger partial charge in [-0.15, -0.1) is 11.3 Å². The van der Waals surface area contributed by atoms with Gasteiger partial charge in [-0.25, -0.2) is 4.98 Å². The van der Waals surface area contributed by atoms with Crippen molar-refractivity contribution in [3.8, 4) is 10.6 Å². The van der Waals surface area contributed by atoms with Gasteiger partial charge in [0.15, 0.2) is 0 Å². The number of rotatable bonds is 2. The maximum Gasteiger partial charge on any atom is 0.123 e. The molecule has 0 aliphatic carbocycles. The highest BCUT2D eigenvalue weighted by molar-refractivity contribution is 7.14. The van der Waals surface area contributed by atoms with E-state index in [-0.39, 0.29) is 0 Å². The average molecular weight is 229 g/mol. The molecule has 1 nitrogen and oxygen atoms in total. The summed E-state index contributed by atoms with van der Waals surface area (Å²) in [6.45, 7) is 10.2. The van der Waals surface area contributed by atoms with Crippen molar-refractivity contribution in [2.24, 2.45) is 0 Å². The van der Waals surface area contributed by atoms with Gasteiger partial charge < -0.3 is 0 Å². The SMILES string of the molecule is C=C(C)c1cc(C)cc(-c2ncc(C)s2)c1. The molecule has 0 spiro atoms. The van der Waals surface area contributed by atoms with Crippen molar-refractivity contribution in [3.05, 3.63) is 47.0 Å². The molecule has 2 heteroatoms. The third kappa shape index (κ3) is 2.22. The Bertz CT molecular complexity index is 537. The summed E-state index contributed by atoms with van der Waals surface area (Å²) in [7, 11) is 0. The van der Waals surface area contributed by atoms with Gasteiger partial charge in [0.2, 0.25) is 0 Å². The average Bonchev–Trinajstić information content (AvgIpc) is 2.64. The molecule has 0 amide bonds. The van der Waals surface area contributed by atoms with Crippen LogP contribution in [0, 0.1) is 13.8 Å². The largest absolute Gasteiger partial charge is 0.244 e. The third-order valence-corrected chi connectivity index (χ3v) is 3.40. The van der Waals surface area contributed by atoms with Gasteiger partial charge in [0.05, 0.1) is 0 Å². The molecule has 1 heterocycles. The maximum atomic E-state index is 4.42. The topological polar surface area (TPSA) is 12.9 Å². The molecule has 2 aromatic rings. The second kappa shape index (κ2) is 4.22. The van der Waals surface area contributed by atoms with Crippen LogP contribution in [0.1, 0.15) is 22.9 Å². The van der Waals surface area contributed by atoms with Crippen LogP contribution >= 0.6 is 11.3 Å². The van der Waals surface area contributed by atoms with Crippen LogP contribution in [0.4, 0.5) is 0 Å². The molecule has 0 bridgehead atoms. The van der Waals surface area contributed by atoms with Crippen LogP contribution in [0.25, 0.3) is 16.1 Å². The lowest BCUT2D eigenvalue weighted by Gasteiger charge is -2.05. The number of hydrogen-bond acceptors (Lipinski definition) is 2. The summed E-state index contributed by atoms with van der Waals surface area (Å²) < 4.78 is 0. The molecule has 1 aromatic heterocycles. The quantitative estimate of drug-likeness (QED) is 0.741. The van der Waals surface area contributed by atoms with E-state index in [4.69, 9.17) is 0 Å². The maximum absolute atomic E-state index is 4.42. The molecule has 0 aliphatic heterocycles. The minimum Gasteiger partial charge on any atom is -0.244 e. The molecule has 2 rings (SSSR count). The summed E-state index contributed by atoms with van der Waals surface area (Å²) in [5.41, 5.74) is 4.74. The fraction of sp³-hybridized carbons (Fsp3) is 0.214. The van der Waals surface area contributed by atoms with Gasteiger partial charge >= 0.3 is 0 Å². The van der Waals surface area contributed by atoms with Gasteiger partial charge in [0.1, 0.15) is 5.01 Å². The summed E-state index contributed by atoms with van der Waals surface area (Å²) in [5, 5.41) is 1.09. The molecule has 0 radical (unpaired) electrons. The predicted octanol–water partition coefficient (Wildman–Crippen LogP) is 4.46. The zero-order chi connectivity index (χ0) is 11.7. The molecular formula is C14H15NS. The van der Waals surface area contributed by atoms with Crippen molar-refractivity contribution >= 4 is 16.9 Å². The fourth-order valence-corrected chi connectivity index (χ4v) is 2.39. The van der Waals surface area contributed by atoms with E-state index < -0.39 is 0 Å². The van der Waals surface area contributed by atoms with Crippen LogP contribution in [0.15, 0.2) is 31.0 Å². The van der Waals surface area contributed by atoms with Gasteiger partial charge in [-0.3, -0.25) is 0 Å². The summed E-state index contributed by atoms with van der Waals surface area (Å²) in [6, 6.07) is 6.49. The highest BCUT2D eigenvalue weighted by Gasteiger charge is 2.05. The van der Waals surface area contributed by atoms with Gasteiger partial charge in [0, 0.05) is 16.6 Å². The lowest BCUT2D eigenvalue weighted by Crippen LogP contribution is -1.84. The zero-order valence-electron chi connectivity index (χ0n) is 9.87. The first-order valence-corrected chi connectivity index (χ1v) is 6.08. The monoisotopic (exact) mass is 229 g/mol. The Hall–Kier alpha value is -1.41. The van der Waals surface area contributed by atoms with E-state index in [1.807, 2.05) is 13.1 Å². The number of allylic oxidation sites excluding steroid dienone is 1. The molecule has 0 saturated carbocycles. The Morgan fingerprint density at radius 1 is 1.25 bits per heavy atom. The number of aryl methyl sites for hydroxylation is 2. The summed E-state index contributed by atoms with van der Waals surface area (Å²) in [6.07, 6.45) is 1.92. The normalized spacial score (nSPS) is 10.4. The van der Waals surface area contributed by atoms with Crippen molar-refractivity contribution in [1.82, 2.24) is 4.98 Å². The van der Waals surface area contributed by atoms with Crippen LogP contribution in [0.5, 0.6) is 0 Å². The molecule has 0 atom stereocenters. The molecule has 0 saturated heterocycles. The standard InChI is InChI=1S/C14H15NS/c1-9(2)12-5-10(3)6-13(7-12)14-15-8-11(4)16-14/h5-8H,1H2,2-4H3. The number of benzene rings is 1. The number of thiazole rings is 1. The van der Waals surface area contributed by atoms with Crippen molar-refractivity contribution in [1.29, 1.82) is 0 Å². The van der Waals surface area contributed by atoms with E-state index in [0.717, 1.165) is 10.6 Å². The Morgan fingerprint density at radius 3 is 2.56 bits per heavy atom. The fourth-order valence-electron chi connectivity index (χ4n) is 1.64. The number of hydrogen-bond donors (Lipinski definition) is 0. The highest BCUT2D eigenvalue weighted by Crippen LogP contribution is 2.28. The van der Waals surface area contributed by atoms with E-state index >= 15 is 0 Å². The Kier molecular flexibility index (Phi) is 2.92. The van der Waals surface area contributed by atoms with Crippen molar-refractivity contribution in [3.63, 3.8) is 0 Å². The lowest BCUT2D eigenvalue weighted by atomic mass is 10.0. The molecule has 82 valence electrons. The third-order valence-electron chi connectivity index (χ3n) is 2.44. The lowest BCUT2D eigenvalue weighted by molar-refractivity contribution is 1.36. The van der Waals surface area contributed by atoms with Crippen molar-refractivity contribution < 1.29 is 0 Å². The number of aromatic nitrogens is 1. The van der Waals surface area contributed by atoms with Gasteiger partial charge in [0.25, 0.3) is 0 Å². The van der Waals surface area contributed by atoms with E-state index in [0.29, 0.717) is 0 Å². The van der Waals surface area contributed by atoms with E-state index in [1.165, 1.54) is 21.6 Å². The first-order valence-electron chi connectivity index (χ1n) is 5.26. The van der Waals surface area contributed by atoms with Gasteiger partial charge in [-0.2, -0.15) is 0 Å². The Balaban J connectivity index is 2.53. The van der Waals surface area contributed by atoms with Crippen LogP contribution in [0.2, 0.25) is 0 Å². The van der Waals surface area contributed by atoms with Gasteiger partial charge in [-0.05, 0) is 44.0 Å². The second-order valence-electron chi connectivity index (χ2n) is 4.14. The molecule has 1 aromatic carbocycles. The van der Waals surface area contributed by atoms with Gasteiger partial charge in [-0.1, -0.05) is 18.2 Å². The summed E-state index contributed by atoms with van der Waals surface area (Å²) >= 11 is 1.73. The van der Waals surface area contributed by atoms with Crippen molar-refractivity contribution in [2.45, 2.75) is 20.8 Å². The summed E-state index contributed by atoms with van der Waals surface area (Å²) in [4.78, 5) is 5.66. The zero-order valence-corrected chi connectivity index (χ0v) is 10.7. The minimum absolute atomic E-state index is 1.09.